The molecular weight excluding hydrogens is 350 g/mol. The molecule has 0 bridgehead atoms. The molecule has 0 aliphatic carbocycles. The van der Waals surface area contributed by atoms with Gasteiger partial charge in [-0.3, -0.25) is 9.59 Å². The van der Waals surface area contributed by atoms with E-state index in [1.165, 1.54) is 41.3 Å². The van der Waals surface area contributed by atoms with Gasteiger partial charge in [0.2, 0.25) is 5.91 Å². The second-order valence-corrected chi connectivity index (χ2v) is 6.19. The molecule has 0 unspecified atom stereocenters. The number of halogens is 3. The van der Waals surface area contributed by atoms with Gasteiger partial charge >= 0.3 is 0 Å². The Kier molecular flexibility index (Phi) is 4.99. The molecule has 0 saturated carbocycles. The van der Waals surface area contributed by atoms with Crippen molar-refractivity contribution in [2.45, 2.75) is 18.9 Å². The van der Waals surface area contributed by atoms with Crippen LogP contribution in [-0.4, -0.2) is 29.3 Å². The van der Waals surface area contributed by atoms with Crippen LogP contribution in [0, 0.1) is 11.6 Å². The Hall–Kier alpha value is -2.47. The number of carbonyl (C=O) groups excluding carboxylic acids is 2. The summed E-state index contributed by atoms with van der Waals surface area (Å²) in [5, 5.41) is 2.56. The normalized spacial score (nSPS) is 16.8. The van der Waals surface area contributed by atoms with E-state index in [1.807, 2.05) is 0 Å². The third kappa shape index (κ3) is 3.79. The molecule has 0 radical (unpaired) electrons. The zero-order valence-electron chi connectivity index (χ0n) is 13.1. The van der Waals surface area contributed by atoms with Crippen LogP contribution < -0.4 is 5.32 Å². The van der Waals surface area contributed by atoms with Crippen molar-refractivity contribution in [3.8, 4) is 0 Å². The number of benzene rings is 2. The third-order valence-corrected chi connectivity index (χ3v) is 4.38. The van der Waals surface area contributed by atoms with Crippen molar-refractivity contribution in [1.82, 2.24) is 4.90 Å². The summed E-state index contributed by atoms with van der Waals surface area (Å²) < 4.78 is 26.2. The highest BCUT2D eigenvalue weighted by molar-refractivity contribution is 6.31. The molecule has 25 heavy (non-hydrogen) atoms. The van der Waals surface area contributed by atoms with Crippen LogP contribution in [0.1, 0.15) is 23.2 Å². The maximum absolute atomic E-state index is 13.2. The van der Waals surface area contributed by atoms with E-state index in [0.29, 0.717) is 30.6 Å². The molecule has 1 saturated heterocycles. The zero-order chi connectivity index (χ0) is 18.0. The summed E-state index contributed by atoms with van der Waals surface area (Å²) in [6, 6.07) is 8.44. The SMILES string of the molecule is O=C(Nc1ccc(F)c(Cl)c1)[C@H]1CCCN1C(=O)c1ccc(F)cc1. The van der Waals surface area contributed by atoms with Crippen molar-refractivity contribution in [3.63, 3.8) is 0 Å². The van der Waals surface area contributed by atoms with Crippen molar-refractivity contribution >= 4 is 29.1 Å². The van der Waals surface area contributed by atoms with Gasteiger partial charge in [-0.05, 0) is 55.3 Å². The van der Waals surface area contributed by atoms with Crippen LogP contribution in [0.25, 0.3) is 0 Å². The Balaban J connectivity index is 1.74. The Morgan fingerprint density at radius 2 is 1.84 bits per heavy atom. The number of amides is 2. The molecule has 2 aromatic rings. The highest BCUT2D eigenvalue weighted by Crippen LogP contribution is 2.24. The summed E-state index contributed by atoms with van der Waals surface area (Å²) in [6.07, 6.45) is 1.21. The van der Waals surface area contributed by atoms with Gasteiger partial charge in [-0.1, -0.05) is 11.6 Å². The fraction of sp³-hybridized carbons (Fsp3) is 0.222. The van der Waals surface area contributed by atoms with Crippen LogP contribution in [0.4, 0.5) is 14.5 Å². The minimum atomic E-state index is -0.638. The van der Waals surface area contributed by atoms with Gasteiger partial charge in [-0.2, -0.15) is 0 Å². The Labute approximate surface area is 148 Å². The molecule has 0 spiro atoms. The second-order valence-electron chi connectivity index (χ2n) is 5.78. The average molecular weight is 365 g/mol. The maximum atomic E-state index is 13.2. The van der Waals surface area contributed by atoms with Crippen LogP contribution in [0.3, 0.4) is 0 Å². The monoisotopic (exact) mass is 364 g/mol. The molecule has 7 heteroatoms. The number of nitrogens with one attached hydrogen (secondary N) is 1. The quantitative estimate of drug-likeness (QED) is 0.899. The third-order valence-electron chi connectivity index (χ3n) is 4.09. The van der Waals surface area contributed by atoms with Crippen LogP contribution in [0.5, 0.6) is 0 Å². The molecule has 0 aromatic heterocycles. The fourth-order valence-corrected chi connectivity index (χ4v) is 3.02. The van der Waals surface area contributed by atoms with E-state index in [4.69, 9.17) is 11.6 Å². The number of likely N-dealkylation sites (tertiary alicyclic amines) is 1. The van der Waals surface area contributed by atoms with Crippen molar-refractivity contribution in [3.05, 3.63) is 64.7 Å². The number of rotatable bonds is 3. The number of hydrogen-bond donors (Lipinski definition) is 1. The molecule has 1 atom stereocenters. The molecule has 130 valence electrons. The molecule has 3 rings (SSSR count). The first kappa shape index (κ1) is 17.4. The van der Waals surface area contributed by atoms with Gasteiger partial charge < -0.3 is 10.2 Å². The lowest BCUT2D eigenvalue weighted by Crippen LogP contribution is -2.43. The minimum absolute atomic E-state index is 0.0940. The Morgan fingerprint density at radius 3 is 2.52 bits per heavy atom. The van der Waals surface area contributed by atoms with Gasteiger partial charge in [-0.25, -0.2) is 8.78 Å². The van der Waals surface area contributed by atoms with E-state index in [-0.39, 0.29) is 16.8 Å². The molecule has 1 heterocycles. The highest BCUT2D eigenvalue weighted by Gasteiger charge is 2.34. The lowest BCUT2D eigenvalue weighted by molar-refractivity contribution is -0.119. The smallest absolute Gasteiger partial charge is 0.254 e. The van der Waals surface area contributed by atoms with Crippen LogP contribution in [0.2, 0.25) is 5.02 Å². The number of carbonyl (C=O) groups is 2. The number of nitrogens with zero attached hydrogens (tertiary/aromatic N) is 1. The topological polar surface area (TPSA) is 49.4 Å². The molecule has 4 nitrogen and oxygen atoms in total. The number of hydrogen-bond acceptors (Lipinski definition) is 2. The van der Waals surface area contributed by atoms with E-state index >= 15 is 0 Å². The number of anilines is 1. The van der Waals surface area contributed by atoms with E-state index in [1.54, 1.807) is 0 Å². The lowest BCUT2D eigenvalue weighted by Gasteiger charge is -2.24. The van der Waals surface area contributed by atoms with E-state index in [0.717, 1.165) is 6.07 Å². The van der Waals surface area contributed by atoms with Crippen LogP contribution in [-0.2, 0) is 4.79 Å². The van der Waals surface area contributed by atoms with Crippen molar-refractivity contribution in [1.29, 1.82) is 0 Å². The zero-order valence-corrected chi connectivity index (χ0v) is 13.9. The predicted octanol–water partition coefficient (Wildman–Crippen LogP) is 3.86. The van der Waals surface area contributed by atoms with Crippen LogP contribution in [0.15, 0.2) is 42.5 Å². The first-order valence-corrected chi connectivity index (χ1v) is 8.16. The Morgan fingerprint density at radius 1 is 1.12 bits per heavy atom. The minimum Gasteiger partial charge on any atom is -0.327 e. The van der Waals surface area contributed by atoms with Crippen molar-refractivity contribution < 1.29 is 18.4 Å². The van der Waals surface area contributed by atoms with Crippen molar-refractivity contribution in [2.24, 2.45) is 0 Å². The second kappa shape index (κ2) is 7.19. The van der Waals surface area contributed by atoms with Gasteiger partial charge in [0.25, 0.3) is 5.91 Å². The van der Waals surface area contributed by atoms with Gasteiger partial charge in [0, 0.05) is 17.8 Å². The highest BCUT2D eigenvalue weighted by atomic mass is 35.5. The van der Waals surface area contributed by atoms with Gasteiger partial charge in [0.1, 0.15) is 17.7 Å². The molecule has 2 aromatic carbocycles. The summed E-state index contributed by atoms with van der Waals surface area (Å²) >= 11 is 5.71. The molecule has 2 amide bonds. The first-order chi connectivity index (χ1) is 12.0. The Bertz CT molecular complexity index is 811. The predicted molar refractivity (Wildman–Crippen MR) is 90.5 cm³/mol. The molecule has 1 fully saturated rings. The summed E-state index contributed by atoms with van der Waals surface area (Å²) in [6.45, 7) is 0.443. The summed E-state index contributed by atoms with van der Waals surface area (Å²) in [5.74, 6) is -1.69. The lowest BCUT2D eigenvalue weighted by atomic mass is 10.1. The fourth-order valence-electron chi connectivity index (χ4n) is 2.84. The van der Waals surface area contributed by atoms with Crippen molar-refractivity contribution in [2.75, 3.05) is 11.9 Å². The van der Waals surface area contributed by atoms with E-state index in [2.05, 4.69) is 5.32 Å². The summed E-state index contributed by atoms with van der Waals surface area (Å²) in [5.41, 5.74) is 0.684. The maximum Gasteiger partial charge on any atom is 0.254 e. The van der Waals surface area contributed by atoms with Crippen LogP contribution >= 0.6 is 11.6 Å². The summed E-state index contributed by atoms with van der Waals surface area (Å²) in [4.78, 5) is 26.6. The van der Waals surface area contributed by atoms with Gasteiger partial charge in [0.05, 0.1) is 5.02 Å². The van der Waals surface area contributed by atoms with E-state index in [9.17, 15) is 18.4 Å². The van der Waals surface area contributed by atoms with E-state index < -0.39 is 17.7 Å². The molecule has 1 N–H and O–H groups in total. The summed E-state index contributed by atoms with van der Waals surface area (Å²) in [7, 11) is 0. The van der Waals surface area contributed by atoms with Gasteiger partial charge in [0.15, 0.2) is 0 Å². The molecular formula is C18H15ClF2N2O2. The first-order valence-electron chi connectivity index (χ1n) is 7.78. The standard InChI is InChI=1S/C18H15ClF2N2O2/c19-14-10-13(7-8-15(14)21)22-17(24)16-2-1-9-23(16)18(25)11-3-5-12(20)6-4-11/h3-8,10,16H,1-2,9H2,(H,22,24)/t16-/m1/s1. The molecule has 1 aliphatic rings. The average Bonchev–Trinajstić information content (AvgIpc) is 3.08. The largest absolute Gasteiger partial charge is 0.327 e. The molecule has 1 aliphatic heterocycles. The van der Waals surface area contributed by atoms with Gasteiger partial charge in [-0.15, -0.1) is 0 Å².